The monoisotopic (exact) mass is 549 g/mol. The average Bonchev–Trinajstić information content (AvgIpc) is 3.67. The zero-order chi connectivity index (χ0) is 28.8. The molecule has 2 aromatic heterocycles. The number of hydrogen-bond donors (Lipinski definition) is 0. The predicted octanol–water partition coefficient (Wildman–Crippen LogP) is 10.4. The molecule has 2 heterocycles. The van der Waals surface area contributed by atoms with Crippen LogP contribution in [0.5, 0.6) is 0 Å². The van der Waals surface area contributed by atoms with Crippen molar-refractivity contribution in [3.05, 3.63) is 125 Å². The van der Waals surface area contributed by atoms with Gasteiger partial charge in [-0.25, -0.2) is 0 Å². The van der Waals surface area contributed by atoms with Gasteiger partial charge in [0.1, 0.15) is 0 Å². The van der Waals surface area contributed by atoms with E-state index in [1.165, 1.54) is 70.2 Å². The van der Waals surface area contributed by atoms with E-state index in [4.69, 9.17) is 4.98 Å². The fraction of sp³-hybridized carbons (Fsp3) is 0.282. The smallest absolute Gasteiger partial charge is 0.0709 e. The van der Waals surface area contributed by atoms with Gasteiger partial charge in [-0.3, -0.25) is 9.97 Å². The predicted molar refractivity (Wildman–Crippen MR) is 175 cm³/mol. The molecule has 0 amide bonds. The molecule has 3 nitrogen and oxygen atoms in total. The first-order valence-corrected chi connectivity index (χ1v) is 15.4. The van der Waals surface area contributed by atoms with Gasteiger partial charge in [-0.15, -0.1) is 0 Å². The Balaban J connectivity index is 1.26. The van der Waals surface area contributed by atoms with Gasteiger partial charge in [0.25, 0.3) is 0 Å². The zero-order valence-corrected chi connectivity index (χ0v) is 25.1. The third-order valence-electron chi connectivity index (χ3n) is 10.1. The van der Waals surface area contributed by atoms with E-state index in [1.54, 1.807) is 0 Å². The van der Waals surface area contributed by atoms with Crippen molar-refractivity contribution in [3.8, 4) is 22.4 Å². The summed E-state index contributed by atoms with van der Waals surface area (Å²) in [5, 5.41) is 0. The minimum absolute atomic E-state index is 0.733. The molecule has 2 saturated carbocycles. The molecular weight excluding hydrogens is 510 g/mol. The number of rotatable bonds is 6. The summed E-state index contributed by atoms with van der Waals surface area (Å²) in [6.45, 7) is 8.80. The Hall–Kier alpha value is -4.24. The summed E-state index contributed by atoms with van der Waals surface area (Å²) in [4.78, 5) is 11.6. The molecule has 0 spiro atoms. The van der Waals surface area contributed by atoms with Gasteiger partial charge in [0, 0.05) is 29.3 Å². The highest BCUT2D eigenvalue weighted by atomic mass is 15.1. The standard InChI is InChI=1S/C39H39N3/c1-25-21-26(2)28(4)39(27(25)3)38-16-15-36(24-41-38)42(34-11-7-30(8-12-34)31-17-19-40-20-18-31)35-13-9-32(10-14-35)37-23-29-5-6-33(37)22-29/h7-21,24,29,33,37H,5-6,22-23H2,1-4H3. The zero-order valence-electron chi connectivity index (χ0n) is 25.1. The minimum atomic E-state index is 0.733. The quantitative estimate of drug-likeness (QED) is 0.211. The second kappa shape index (κ2) is 10.9. The van der Waals surface area contributed by atoms with Crippen molar-refractivity contribution >= 4 is 17.1 Å². The number of fused-ring (bicyclic) bond motifs is 2. The van der Waals surface area contributed by atoms with Gasteiger partial charge in [-0.2, -0.15) is 0 Å². The summed E-state index contributed by atoms with van der Waals surface area (Å²) in [5.74, 6) is 2.56. The molecule has 0 saturated heterocycles. The summed E-state index contributed by atoms with van der Waals surface area (Å²) in [6.07, 6.45) is 11.4. The number of pyridine rings is 2. The van der Waals surface area contributed by atoms with Gasteiger partial charge in [-0.05, 0) is 152 Å². The molecule has 3 atom stereocenters. The van der Waals surface area contributed by atoms with E-state index in [9.17, 15) is 0 Å². The summed E-state index contributed by atoms with van der Waals surface area (Å²) in [5.41, 5.74) is 14.7. The molecule has 7 rings (SSSR count). The van der Waals surface area contributed by atoms with E-state index in [1.807, 2.05) is 18.6 Å². The van der Waals surface area contributed by atoms with E-state index in [0.29, 0.717) is 0 Å². The van der Waals surface area contributed by atoms with Crippen LogP contribution < -0.4 is 4.90 Å². The SMILES string of the molecule is Cc1cc(C)c(C)c(-c2ccc(N(c3ccc(-c4ccncc4)cc3)c3ccc(C4CC5CCC4C5)cc3)cn2)c1C. The summed E-state index contributed by atoms with van der Waals surface area (Å²) in [6, 6.07) is 29.0. The lowest BCUT2D eigenvalue weighted by atomic mass is 9.83. The van der Waals surface area contributed by atoms with Gasteiger partial charge in [0.15, 0.2) is 0 Å². The normalized spacial score (nSPS) is 19.3. The fourth-order valence-corrected chi connectivity index (χ4v) is 7.59. The lowest BCUT2D eigenvalue weighted by Gasteiger charge is -2.27. The largest absolute Gasteiger partial charge is 0.309 e. The van der Waals surface area contributed by atoms with Crippen LogP contribution >= 0.6 is 0 Å². The first kappa shape index (κ1) is 26.6. The number of nitrogens with zero attached hydrogens (tertiary/aromatic N) is 3. The Bertz CT molecular complexity index is 1680. The van der Waals surface area contributed by atoms with Gasteiger partial charge in [0.05, 0.1) is 17.6 Å². The van der Waals surface area contributed by atoms with Gasteiger partial charge in [-0.1, -0.05) is 36.8 Å². The van der Waals surface area contributed by atoms with Crippen LogP contribution in [-0.4, -0.2) is 9.97 Å². The second-order valence-corrected chi connectivity index (χ2v) is 12.5. The highest BCUT2D eigenvalue weighted by Crippen LogP contribution is 2.53. The molecule has 0 aliphatic heterocycles. The Morgan fingerprint density at radius 2 is 1.26 bits per heavy atom. The molecule has 5 aromatic rings. The molecule has 42 heavy (non-hydrogen) atoms. The Kier molecular flexibility index (Phi) is 6.90. The topological polar surface area (TPSA) is 29.0 Å². The molecule has 0 N–H and O–H groups in total. The first-order chi connectivity index (χ1) is 20.5. The number of benzene rings is 3. The van der Waals surface area contributed by atoms with Crippen molar-refractivity contribution in [2.24, 2.45) is 11.8 Å². The average molecular weight is 550 g/mol. The summed E-state index contributed by atoms with van der Waals surface area (Å²) in [7, 11) is 0. The molecule has 2 bridgehead atoms. The van der Waals surface area contributed by atoms with Gasteiger partial charge in [0.2, 0.25) is 0 Å². The van der Waals surface area contributed by atoms with E-state index < -0.39 is 0 Å². The number of hydrogen-bond acceptors (Lipinski definition) is 3. The van der Waals surface area contributed by atoms with Crippen molar-refractivity contribution in [2.45, 2.75) is 59.3 Å². The van der Waals surface area contributed by atoms with E-state index in [-0.39, 0.29) is 0 Å². The molecule has 3 unspecified atom stereocenters. The molecule has 210 valence electrons. The lowest BCUT2D eigenvalue weighted by Crippen LogP contribution is -2.12. The number of aromatic nitrogens is 2. The Labute approximate surface area is 250 Å². The molecular formula is C39H39N3. The summed E-state index contributed by atoms with van der Waals surface area (Å²) >= 11 is 0. The molecule has 2 fully saturated rings. The van der Waals surface area contributed by atoms with E-state index >= 15 is 0 Å². The van der Waals surface area contributed by atoms with Crippen LogP contribution in [0.2, 0.25) is 0 Å². The van der Waals surface area contributed by atoms with Crippen LogP contribution in [0.15, 0.2) is 97.5 Å². The Morgan fingerprint density at radius 1 is 0.643 bits per heavy atom. The second-order valence-electron chi connectivity index (χ2n) is 12.5. The third-order valence-corrected chi connectivity index (χ3v) is 10.1. The van der Waals surface area contributed by atoms with Crippen LogP contribution in [0.4, 0.5) is 17.1 Å². The van der Waals surface area contributed by atoms with Crippen LogP contribution in [0, 0.1) is 39.5 Å². The lowest BCUT2D eigenvalue weighted by molar-refractivity contribution is 0.420. The molecule has 3 heteroatoms. The molecule has 2 aliphatic rings. The van der Waals surface area contributed by atoms with Crippen LogP contribution in [-0.2, 0) is 0 Å². The van der Waals surface area contributed by atoms with Crippen LogP contribution in [0.25, 0.3) is 22.4 Å². The van der Waals surface area contributed by atoms with Gasteiger partial charge >= 0.3 is 0 Å². The molecule has 3 aromatic carbocycles. The maximum atomic E-state index is 5.05. The third kappa shape index (κ3) is 4.81. The van der Waals surface area contributed by atoms with Crippen molar-refractivity contribution in [2.75, 3.05) is 4.90 Å². The maximum absolute atomic E-state index is 5.05. The summed E-state index contributed by atoms with van der Waals surface area (Å²) < 4.78 is 0. The van der Waals surface area contributed by atoms with Crippen LogP contribution in [0.1, 0.15) is 59.4 Å². The van der Waals surface area contributed by atoms with Crippen LogP contribution in [0.3, 0.4) is 0 Å². The maximum Gasteiger partial charge on any atom is 0.0709 e. The highest BCUT2D eigenvalue weighted by molar-refractivity contribution is 5.79. The molecule has 2 aliphatic carbocycles. The van der Waals surface area contributed by atoms with Gasteiger partial charge < -0.3 is 4.90 Å². The first-order valence-electron chi connectivity index (χ1n) is 15.4. The minimum Gasteiger partial charge on any atom is -0.309 e. The fourth-order valence-electron chi connectivity index (χ4n) is 7.59. The van der Waals surface area contributed by atoms with Crippen molar-refractivity contribution < 1.29 is 0 Å². The number of anilines is 3. The van der Waals surface area contributed by atoms with E-state index in [0.717, 1.165) is 40.5 Å². The van der Waals surface area contributed by atoms with Crippen molar-refractivity contribution in [3.63, 3.8) is 0 Å². The van der Waals surface area contributed by atoms with Crippen molar-refractivity contribution in [1.82, 2.24) is 9.97 Å². The Morgan fingerprint density at radius 3 is 1.83 bits per heavy atom. The van der Waals surface area contributed by atoms with Crippen molar-refractivity contribution in [1.29, 1.82) is 0 Å². The number of aryl methyl sites for hydroxylation is 2. The van der Waals surface area contributed by atoms with E-state index in [2.05, 4.69) is 116 Å². The highest BCUT2D eigenvalue weighted by Gasteiger charge is 2.40. The molecule has 0 radical (unpaired) electrons.